The van der Waals surface area contributed by atoms with Gasteiger partial charge >= 0.3 is 0 Å². The predicted octanol–water partition coefficient (Wildman–Crippen LogP) is 1.50. The first kappa shape index (κ1) is 24.0. The Hall–Kier alpha value is -2.67. The highest BCUT2D eigenvalue weighted by atomic mass is 32.2. The normalized spacial score (nSPS) is 14.3. The van der Waals surface area contributed by atoms with Gasteiger partial charge in [0.2, 0.25) is 5.91 Å². The van der Waals surface area contributed by atoms with Crippen LogP contribution in [0, 0.1) is 0 Å². The lowest BCUT2D eigenvalue weighted by Gasteiger charge is -2.26. The lowest BCUT2D eigenvalue weighted by atomic mass is 10.2. The molecule has 10 nitrogen and oxygen atoms in total. The van der Waals surface area contributed by atoms with Crippen LogP contribution in [0.3, 0.4) is 0 Å². The number of anilines is 1. The molecule has 2 aromatic rings. The molecular weight excluding hydrogens is 458 g/mol. The van der Waals surface area contributed by atoms with Crippen LogP contribution in [-0.2, 0) is 19.6 Å². The molecule has 1 aromatic carbocycles. The molecule has 0 bridgehead atoms. The Balaban J connectivity index is 1.67. The lowest BCUT2D eigenvalue weighted by Crippen LogP contribution is -2.40. The van der Waals surface area contributed by atoms with Crippen molar-refractivity contribution in [3.8, 4) is 11.5 Å². The Kier molecular flexibility index (Phi) is 7.72. The zero-order valence-corrected chi connectivity index (χ0v) is 19.6. The van der Waals surface area contributed by atoms with Crippen molar-refractivity contribution in [3.05, 3.63) is 35.2 Å². The topological polar surface area (TPSA) is 114 Å². The molecule has 0 spiro atoms. The van der Waals surface area contributed by atoms with Crippen LogP contribution >= 0.6 is 11.3 Å². The smallest absolute Gasteiger partial charge is 0.264 e. The number of carbonyl (C=O) groups excluding carboxylic acids is 2. The van der Waals surface area contributed by atoms with Crippen LogP contribution in [0.5, 0.6) is 11.5 Å². The van der Waals surface area contributed by atoms with E-state index in [1.54, 1.807) is 23.1 Å². The van der Waals surface area contributed by atoms with Crippen LogP contribution < -0.4 is 14.8 Å². The van der Waals surface area contributed by atoms with Gasteiger partial charge in [-0.15, -0.1) is 11.3 Å². The summed E-state index contributed by atoms with van der Waals surface area (Å²) in [5.41, 5.74) is 0.388. The van der Waals surface area contributed by atoms with E-state index in [1.807, 2.05) is 0 Å². The van der Waals surface area contributed by atoms with Crippen molar-refractivity contribution >= 4 is 38.9 Å². The second-order valence-electron chi connectivity index (χ2n) is 6.90. The number of amides is 2. The predicted molar refractivity (Wildman–Crippen MR) is 119 cm³/mol. The van der Waals surface area contributed by atoms with Gasteiger partial charge in [-0.3, -0.25) is 9.59 Å². The molecule has 1 aliphatic heterocycles. The van der Waals surface area contributed by atoms with Crippen molar-refractivity contribution in [3.63, 3.8) is 0 Å². The molecule has 0 aliphatic carbocycles. The summed E-state index contributed by atoms with van der Waals surface area (Å²) in [5, 5.41) is 2.64. The van der Waals surface area contributed by atoms with Gasteiger partial charge in [-0.1, -0.05) is 0 Å². The number of rotatable bonds is 8. The lowest BCUT2D eigenvalue weighted by molar-refractivity contribution is -0.116. The number of morpholine rings is 1. The molecule has 2 amide bonds. The summed E-state index contributed by atoms with van der Waals surface area (Å²) >= 11 is 0.884. The fourth-order valence-corrected chi connectivity index (χ4v) is 5.64. The van der Waals surface area contributed by atoms with Crippen molar-refractivity contribution in [2.24, 2.45) is 0 Å². The summed E-state index contributed by atoms with van der Waals surface area (Å²) < 4.78 is 42.3. The number of benzene rings is 1. The Morgan fingerprint density at radius 3 is 2.53 bits per heavy atom. The number of hydrogen-bond acceptors (Lipinski definition) is 8. The van der Waals surface area contributed by atoms with E-state index in [-0.39, 0.29) is 10.1 Å². The van der Waals surface area contributed by atoms with Gasteiger partial charge in [-0.05, 0) is 24.3 Å². The van der Waals surface area contributed by atoms with Gasteiger partial charge in [0.1, 0.15) is 15.7 Å². The van der Waals surface area contributed by atoms with E-state index in [0.29, 0.717) is 48.4 Å². The van der Waals surface area contributed by atoms with Crippen LogP contribution in [0.25, 0.3) is 0 Å². The molecule has 1 N–H and O–H groups in total. The van der Waals surface area contributed by atoms with Gasteiger partial charge in [0.05, 0.1) is 44.5 Å². The molecule has 1 aliphatic rings. The van der Waals surface area contributed by atoms with Crippen LogP contribution in [0.1, 0.15) is 9.67 Å². The van der Waals surface area contributed by atoms with Gasteiger partial charge < -0.3 is 24.4 Å². The van der Waals surface area contributed by atoms with Gasteiger partial charge in [-0.25, -0.2) is 8.42 Å². The standard InChI is InChI=1S/C20H25N3O7S2/c1-22(13-18(24)21-15-5-4-14(28-2)12-16(15)29-3)32(26,27)19-7-6-17(31-19)20(25)23-8-10-30-11-9-23/h4-7,12H,8-11,13H2,1-3H3,(H,21,24). The van der Waals surface area contributed by atoms with Gasteiger partial charge in [0.25, 0.3) is 15.9 Å². The fourth-order valence-electron chi connectivity index (χ4n) is 3.03. The maximum absolute atomic E-state index is 12.9. The number of likely N-dealkylation sites (N-methyl/N-ethyl adjacent to an activating group) is 1. The number of hydrogen-bond donors (Lipinski definition) is 1. The largest absolute Gasteiger partial charge is 0.497 e. The summed E-state index contributed by atoms with van der Waals surface area (Å²) in [6.45, 7) is 1.43. The van der Waals surface area contributed by atoms with E-state index in [0.717, 1.165) is 15.6 Å². The minimum atomic E-state index is -3.95. The highest BCUT2D eigenvalue weighted by molar-refractivity contribution is 7.91. The maximum Gasteiger partial charge on any atom is 0.264 e. The first-order chi connectivity index (χ1) is 15.3. The molecule has 174 valence electrons. The molecule has 0 saturated carbocycles. The monoisotopic (exact) mass is 483 g/mol. The van der Waals surface area contributed by atoms with Crippen molar-refractivity contribution in [1.82, 2.24) is 9.21 Å². The third-order valence-electron chi connectivity index (χ3n) is 4.80. The minimum absolute atomic E-state index is 0.00793. The average Bonchev–Trinajstić information content (AvgIpc) is 3.30. The molecule has 0 radical (unpaired) electrons. The number of nitrogens with zero attached hydrogens (tertiary/aromatic N) is 2. The summed E-state index contributed by atoms with van der Waals surface area (Å²) in [6.07, 6.45) is 0. The van der Waals surface area contributed by atoms with E-state index in [1.165, 1.54) is 33.4 Å². The number of sulfonamides is 1. The molecule has 12 heteroatoms. The number of thiophene rings is 1. The number of carbonyl (C=O) groups is 2. The Morgan fingerprint density at radius 1 is 1.16 bits per heavy atom. The number of methoxy groups -OCH3 is 2. The molecule has 0 unspecified atom stereocenters. The highest BCUT2D eigenvalue weighted by Crippen LogP contribution is 2.29. The SMILES string of the molecule is COc1ccc(NC(=O)CN(C)S(=O)(=O)c2ccc(C(=O)N3CCOCC3)s2)c(OC)c1. The van der Waals surface area contributed by atoms with Crippen LogP contribution in [0.4, 0.5) is 5.69 Å². The third kappa shape index (κ3) is 5.38. The van der Waals surface area contributed by atoms with E-state index in [9.17, 15) is 18.0 Å². The second kappa shape index (κ2) is 10.3. The van der Waals surface area contributed by atoms with Crippen molar-refractivity contribution in [1.29, 1.82) is 0 Å². The summed E-state index contributed by atoms with van der Waals surface area (Å²) in [4.78, 5) is 27.0. The van der Waals surface area contributed by atoms with E-state index < -0.39 is 22.5 Å². The molecule has 1 saturated heterocycles. The highest BCUT2D eigenvalue weighted by Gasteiger charge is 2.27. The molecule has 3 rings (SSSR count). The summed E-state index contributed by atoms with van der Waals surface area (Å²) in [6, 6.07) is 7.74. The Labute approximate surface area is 190 Å². The summed E-state index contributed by atoms with van der Waals surface area (Å²) in [7, 11) is 0.320. The molecular formula is C20H25N3O7S2. The quantitative estimate of drug-likeness (QED) is 0.605. The molecule has 2 heterocycles. The van der Waals surface area contributed by atoms with Crippen LogP contribution in [-0.4, -0.2) is 83.6 Å². The maximum atomic E-state index is 12.9. The zero-order valence-electron chi connectivity index (χ0n) is 18.0. The molecule has 32 heavy (non-hydrogen) atoms. The Morgan fingerprint density at radius 2 is 1.88 bits per heavy atom. The third-order valence-corrected chi connectivity index (χ3v) is 8.15. The van der Waals surface area contributed by atoms with Crippen molar-refractivity contribution < 1.29 is 32.2 Å². The van der Waals surface area contributed by atoms with Crippen molar-refractivity contribution in [2.75, 3.05) is 59.4 Å². The molecule has 0 atom stereocenters. The van der Waals surface area contributed by atoms with E-state index in [4.69, 9.17) is 14.2 Å². The Bertz CT molecular complexity index is 1080. The van der Waals surface area contributed by atoms with Crippen LogP contribution in [0.15, 0.2) is 34.5 Å². The first-order valence-electron chi connectivity index (χ1n) is 9.71. The second-order valence-corrected chi connectivity index (χ2v) is 10.3. The molecule has 1 aromatic heterocycles. The number of ether oxygens (including phenoxy) is 3. The van der Waals surface area contributed by atoms with Gasteiger partial charge in [0, 0.05) is 26.2 Å². The van der Waals surface area contributed by atoms with Gasteiger partial charge in [-0.2, -0.15) is 4.31 Å². The summed E-state index contributed by atoms with van der Waals surface area (Å²) in [5.74, 6) is 0.167. The minimum Gasteiger partial charge on any atom is -0.497 e. The average molecular weight is 484 g/mol. The number of nitrogens with one attached hydrogen (secondary N) is 1. The van der Waals surface area contributed by atoms with Crippen molar-refractivity contribution in [2.45, 2.75) is 4.21 Å². The first-order valence-corrected chi connectivity index (χ1v) is 12.0. The van der Waals surface area contributed by atoms with Crippen LogP contribution in [0.2, 0.25) is 0 Å². The molecule has 1 fully saturated rings. The van der Waals surface area contributed by atoms with Gasteiger partial charge in [0.15, 0.2) is 0 Å². The van der Waals surface area contributed by atoms with E-state index >= 15 is 0 Å². The fraction of sp³-hybridized carbons (Fsp3) is 0.400. The zero-order chi connectivity index (χ0) is 23.3. The van der Waals surface area contributed by atoms with E-state index in [2.05, 4.69) is 5.32 Å².